The first-order valence-electron chi connectivity index (χ1n) is 3.29. The van der Waals surface area contributed by atoms with Gasteiger partial charge < -0.3 is 10.6 Å². The van der Waals surface area contributed by atoms with E-state index in [1.54, 1.807) is 18.4 Å². The molecule has 60 valence electrons. The van der Waals surface area contributed by atoms with E-state index in [2.05, 4.69) is 10.6 Å². The van der Waals surface area contributed by atoms with Crippen LogP contribution in [0.3, 0.4) is 0 Å². The van der Waals surface area contributed by atoms with Crippen LogP contribution in [0.15, 0.2) is 16.8 Å². The highest BCUT2D eigenvalue weighted by molar-refractivity contribution is 7.08. The Morgan fingerprint density at radius 3 is 3.09 bits per heavy atom. The van der Waals surface area contributed by atoms with E-state index in [0.717, 1.165) is 5.69 Å². The maximum absolute atomic E-state index is 10.7. The van der Waals surface area contributed by atoms with Crippen LogP contribution in [0.2, 0.25) is 0 Å². The van der Waals surface area contributed by atoms with Crippen molar-refractivity contribution >= 4 is 22.9 Å². The molecule has 1 aromatic rings. The molecule has 0 atom stereocenters. The molecule has 0 aliphatic carbocycles. The molecular formula is C7H10N2OS. The van der Waals surface area contributed by atoms with E-state index < -0.39 is 0 Å². The van der Waals surface area contributed by atoms with Gasteiger partial charge in [0.2, 0.25) is 5.91 Å². The lowest BCUT2D eigenvalue weighted by Crippen LogP contribution is -2.25. The average molecular weight is 170 g/mol. The van der Waals surface area contributed by atoms with Gasteiger partial charge in [-0.15, -0.1) is 0 Å². The van der Waals surface area contributed by atoms with Crippen molar-refractivity contribution in [2.24, 2.45) is 0 Å². The molecule has 2 N–H and O–H groups in total. The van der Waals surface area contributed by atoms with E-state index in [9.17, 15) is 4.79 Å². The normalized spacial score (nSPS) is 9.18. The van der Waals surface area contributed by atoms with Crippen molar-refractivity contribution in [1.82, 2.24) is 5.32 Å². The van der Waals surface area contributed by atoms with Gasteiger partial charge in [0.25, 0.3) is 0 Å². The highest BCUT2D eigenvalue weighted by Gasteiger charge is 1.96. The smallest absolute Gasteiger partial charge is 0.239 e. The lowest BCUT2D eigenvalue weighted by atomic mass is 10.5. The topological polar surface area (TPSA) is 41.1 Å². The molecule has 0 unspecified atom stereocenters. The fraction of sp³-hybridized carbons (Fsp3) is 0.286. The molecule has 0 spiro atoms. The van der Waals surface area contributed by atoms with E-state index in [4.69, 9.17) is 0 Å². The van der Waals surface area contributed by atoms with Crippen LogP contribution < -0.4 is 10.6 Å². The zero-order valence-electron chi connectivity index (χ0n) is 6.26. The molecule has 0 aromatic carbocycles. The van der Waals surface area contributed by atoms with Crippen LogP contribution in [-0.4, -0.2) is 19.5 Å². The summed E-state index contributed by atoms with van der Waals surface area (Å²) >= 11 is 1.60. The van der Waals surface area contributed by atoms with Gasteiger partial charge >= 0.3 is 0 Å². The van der Waals surface area contributed by atoms with Crippen molar-refractivity contribution in [3.8, 4) is 0 Å². The molecule has 3 nitrogen and oxygen atoms in total. The minimum atomic E-state index is -0.00352. The Kier molecular flexibility index (Phi) is 2.92. The fourth-order valence-corrected chi connectivity index (χ4v) is 1.25. The van der Waals surface area contributed by atoms with Gasteiger partial charge in [-0.3, -0.25) is 4.79 Å². The van der Waals surface area contributed by atoms with Crippen LogP contribution in [0.25, 0.3) is 0 Å². The molecular weight excluding hydrogens is 160 g/mol. The molecule has 11 heavy (non-hydrogen) atoms. The Balaban J connectivity index is 2.29. The summed E-state index contributed by atoms with van der Waals surface area (Å²) in [4.78, 5) is 10.7. The summed E-state index contributed by atoms with van der Waals surface area (Å²) in [6.07, 6.45) is 0. The van der Waals surface area contributed by atoms with E-state index in [1.807, 2.05) is 16.8 Å². The van der Waals surface area contributed by atoms with Gasteiger partial charge in [-0.05, 0) is 11.4 Å². The Morgan fingerprint density at radius 2 is 2.55 bits per heavy atom. The molecule has 1 aromatic heterocycles. The molecule has 0 aliphatic rings. The number of amides is 1. The maximum atomic E-state index is 10.7. The van der Waals surface area contributed by atoms with Gasteiger partial charge in [-0.1, -0.05) is 0 Å². The number of thiophene rings is 1. The number of nitrogens with one attached hydrogen (secondary N) is 2. The molecule has 0 saturated carbocycles. The summed E-state index contributed by atoms with van der Waals surface area (Å²) in [6.45, 7) is 0.341. The largest absolute Gasteiger partial charge is 0.375 e. The lowest BCUT2D eigenvalue weighted by Gasteiger charge is -2.00. The highest BCUT2D eigenvalue weighted by atomic mass is 32.1. The first kappa shape index (κ1) is 8.07. The second-order valence-electron chi connectivity index (χ2n) is 2.04. The van der Waals surface area contributed by atoms with Crippen molar-refractivity contribution in [3.63, 3.8) is 0 Å². The van der Waals surface area contributed by atoms with Gasteiger partial charge in [-0.25, -0.2) is 0 Å². The number of hydrogen-bond donors (Lipinski definition) is 2. The number of anilines is 1. The van der Waals surface area contributed by atoms with Gasteiger partial charge in [0, 0.05) is 18.1 Å². The van der Waals surface area contributed by atoms with Crippen molar-refractivity contribution in [2.45, 2.75) is 0 Å². The Hall–Kier alpha value is -1.03. The van der Waals surface area contributed by atoms with Gasteiger partial charge in [-0.2, -0.15) is 11.3 Å². The molecule has 1 amide bonds. The number of hydrogen-bond acceptors (Lipinski definition) is 3. The molecule has 0 saturated heterocycles. The van der Waals surface area contributed by atoms with Crippen LogP contribution >= 0.6 is 11.3 Å². The van der Waals surface area contributed by atoms with Crippen LogP contribution in [0, 0.1) is 0 Å². The Morgan fingerprint density at radius 1 is 1.73 bits per heavy atom. The van der Waals surface area contributed by atoms with E-state index in [1.165, 1.54) is 0 Å². The number of carbonyl (C=O) groups is 1. The summed E-state index contributed by atoms with van der Waals surface area (Å²) in [5.41, 5.74) is 0.999. The number of carbonyl (C=O) groups excluding carboxylic acids is 1. The molecule has 0 radical (unpaired) electrons. The van der Waals surface area contributed by atoms with Crippen molar-refractivity contribution in [1.29, 1.82) is 0 Å². The SMILES string of the molecule is CNC(=O)CNc1ccsc1. The molecule has 1 rings (SSSR count). The van der Waals surface area contributed by atoms with Gasteiger partial charge in [0.05, 0.1) is 6.54 Å². The Labute approximate surface area is 69.4 Å². The third-order valence-corrected chi connectivity index (χ3v) is 1.94. The van der Waals surface area contributed by atoms with Crippen LogP contribution in [0.4, 0.5) is 5.69 Å². The summed E-state index contributed by atoms with van der Waals surface area (Å²) in [7, 11) is 1.62. The van der Waals surface area contributed by atoms with Crippen molar-refractivity contribution < 1.29 is 4.79 Å². The second-order valence-corrected chi connectivity index (χ2v) is 2.82. The van der Waals surface area contributed by atoms with E-state index in [-0.39, 0.29) is 5.91 Å². The monoisotopic (exact) mass is 170 g/mol. The quantitative estimate of drug-likeness (QED) is 0.707. The molecule has 0 aliphatic heterocycles. The zero-order valence-corrected chi connectivity index (χ0v) is 7.07. The van der Waals surface area contributed by atoms with Gasteiger partial charge in [0.1, 0.15) is 0 Å². The minimum absolute atomic E-state index is 0.00352. The molecule has 4 heteroatoms. The predicted molar refractivity (Wildman–Crippen MR) is 46.9 cm³/mol. The number of rotatable bonds is 3. The van der Waals surface area contributed by atoms with Crippen LogP contribution in [-0.2, 0) is 4.79 Å². The number of likely N-dealkylation sites (N-methyl/N-ethyl adjacent to an activating group) is 1. The highest BCUT2D eigenvalue weighted by Crippen LogP contribution is 2.10. The third kappa shape index (κ3) is 2.59. The average Bonchev–Trinajstić information content (AvgIpc) is 2.52. The van der Waals surface area contributed by atoms with Crippen LogP contribution in [0.1, 0.15) is 0 Å². The summed E-state index contributed by atoms with van der Waals surface area (Å²) in [5, 5.41) is 9.43. The molecule has 0 bridgehead atoms. The first-order valence-corrected chi connectivity index (χ1v) is 4.24. The predicted octanol–water partition coefficient (Wildman–Crippen LogP) is 0.906. The van der Waals surface area contributed by atoms with E-state index in [0.29, 0.717) is 6.54 Å². The lowest BCUT2D eigenvalue weighted by molar-refractivity contribution is -0.118. The fourth-order valence-electron chi connectivity index (χ4n) is 0.636. The van der Waals surface area contributed by atoms with Crippen molar-refractivity contribution in [3.05, 3.63) is 16.8 Å². The van der Waals surface area contributed by atoms with E-state index >= 15 is 0 Å². The minimum Gasteiger partial charge on any atom is -0.375 e. The summed E-state index contributed by atoms with van der Waals surface area (Å²) < 4.78 is 0. The summed E-state index contributed by atoms with van der Waals surface area (Å²) in [5.74, 6) is -0.00352. The second kappa shape index (κ2) is 3.98. The third-order valence-electron chi connectivity index (χ3n) is 1.25. The summed E-state index contributed by atoms with van der Waals surface area (Å²) in [6, 6.07) is 1.94. The maximum Gasteiger partial charge on any atom is 0.239 e. The standard InChI is InChI=1S/C7H10N2OS/c1-8-7(10)4-9-6-2-3-11-5-6/h2-3,5,9H,4H2,1H3,(H,8,10). The molecule has 1 heterocycles. The van der Waals surface area contributed by atoms with Crippen molar-refractivity contribution in [2.75, 3.05) is 18.9 Å². The Bertz CT molecular complexity index is 220. The first-order chi connectivity index (χ1) is 5.33. The van der Waals surface area contributed by atoms with Gasteiger partial charge in [0.15, 0.2) is 0 Å². The zero-order chi connectivity index (χ0) is 8.10. The van der Waals surface area contributed by atoms with Crippen LogP contribution in [0.5, 0.6) is 0 Å². The molecule has 0 fully saturated rings.